The lowest BCUT2D eigenvalue weighted by Crippen LogP contribution is -2.22. The van der Waals surface area contributed by atoms with Crippen molar-refractivity contribution in [2.24, 2.45) is 0 Å². The molecule has 0 saturated carbocycles. The van der Waals surface area contributed by atoms with Crippen LogP contribution in [0.25, 0.3) is 0 Å². The normalized spacial score (nSPS) is 10.2. The monoisotopic (exact) mass is 348 g/mol. The molecule has 24 heavy (non-hydrogen) atoms. The molecular weight excluding hydrogens is 328 g/mol. The quantitative estimate of drug-likeness (QED) is 0.794. The maximum Gasteiger partial charge on any atom is 0.243 e. The highest BCUT2D eigenvalue weighted by atomic mass is 35.5. The summed E-state index contributed by atoms with van der Waals surface area (Å²) in [5, 5.41) is 6.26. The number of hydrogen-bond acceptors (Lipinski definition) is 4. The Morgan fingerprint density at radius 3 is 2.33 bits per heavy atom. The summed E-state index contributed by atoms with van der Waals surface area (Å²) >= 11 is 6.10. The van der Waals surface area contributed by atoms with Crippen LogP contribution in [-0.2, 0) is 11.2 Å². The van der Waals surface area contributed by atoms with E-state index in [1.54, 1.807) is 12.1 Å². The van der Waals surface area contributed by atoms with Gasteiger partial charge in [-0.05, 0) is 30.2 Å². The lowest BCUT2D eigenvalue weighted by atomic mass is 10.1. The summed E-state index contributed by atoms with van der Waals surface area (Å²) in [6.07, 6.45) is 0.985. The molecule has 0 aliphatic rings. The molecule has 0 aromatic heterocycles. The minimum Gasteiger partial charge on any atom is -0.495 e. The summed E-state index contributed by atoms with van der Waals surface area (Å²) in [6, 6.07) is 11.2. The maximum atomic E-state index is 12.1. The molecule has 0 spiro atoms. The van der Waals surface area contributed by atoms with Crippen molar-refractivity contribution in [2.45, 2.75) is 13.3 Å². The van der Waals surface area contributed by atoms with Gasteiger partial charge >= 0.3 is 0 Å². The Bertz CT molecular complexity index is 702. The van der Waals surface area contributed by atoms with E-state index in [4.69, 9.17) is 21.1 Å². The molecule has 0 heterocycles. The van der Waals surface area contributed by atoms with Gasteiger partial charge in [-0.25, -0.2) is 0 Å². The van der Waals surface area contributed by atoms with Crippen LogP contribution in [0.5, 0.6) is 11.5 Å². The molecule has 2 rings (SSSR count). The number of ether oxygens (including phenoxy) is 2. The van der Waals surface area contributed by atoms with Gasteiger partial charge in [0.15, 0.2) is 0 Å². The number of benzene rings is 2. The molecule has 2 aromatic carbocycles. The van der Waals surface area contributed by atoms with Gasteiger partial charge in [0.2, 0.25) is 5.91 Å². The van der Waals surface area contributed by atoms with E-state index in [-0.39, 0.29) is 12.5 Å². The fourth-order valence-corrected chi connectivity index (χ4v) is 2.43. The SMILES string of the molecule is CCc1ccc(NCC(=O)Nc2cc(Cl)c(OC)cc2OC)cc1. The van der Waals surface area contributed by atoms with Crippen LogP contribution >= 0.6 is 11.6 Å². The molecular formula is C18H21ClN2O3. The number of nitrogens with one attached hydrogen (secondary N) is 2. The first-order valence-corrected chi connectivity index (χ1v) is 7.99. The van der Waals surface area contributed by atoms with Crippen molar-refractivity contribution < 1.29 is 14.3 Å². The molecule has 2 aromatic rings. The molecule has 0 aliphatic heterocycles. The highest BCUT2D eigenvalue weighted by molar-refractivity contribution is 6.32. The molecule has 128 valence electrons. The molecule has 1 amide bonds. The topological polar surface area (TPSA) is 59.6 Å². The zero-order valence-corrected chi connectivity index (χ0v) is 14.7. The van der Waals surface area contributed by atoms with Crippen molar-refractivity contribution >= 4 is 28.9 Å². The van der Waals surface area contributed by atoms with Crippen LogP contribution in [0.3, 0.4) is 0 Å². The van der Waals surface area contributed by atoms with Gasteiger partial charge in [0, 0.05) is 11.8 Å². The minimum absolute atomic E-state index is 0.137. The van der Waals surface area contributed by atoms with Crippen molar-refractivity contribution in [1.82, 2.24) is 0 Å². The van der Waals surface area contributed by atoms with Gasteiger partial charge in [-0.15, -0.1) is 0 Å². The van der Waals surface area contributed by atoms with Crippen molar-refractivity contribution in [1.29, 1.82) is 0 Å². The van der Waals surface area contributed by atoms with Crippen LogP contribution in [0.1, 0.15) is 12.5 Å². The van der Waals surface area contributed by atoms with E-state index in [1.165, 1.54) is 19.8 Å². The van der Waals surface area contributed by atoms with Crippen molar-refractivity contribution in [3.05, 3.63) is 47.0 Å². The van der Waals surface area contributed by atoms with Gasteiger partial charge < -0.3 is 20.1 Å². The van der Waals surface area contributed by atoms with Crippen LogP contribution in [0.2, 0.25) is 5.02 Å². The number of anilines is 2. The Balaban J connectivity index is 2.00. The first kappa shape index (κ1) is 17.9. The van der Waals surface area contributed by atoms with Gasteiger partial charge in [-0.2, -0.15) is 0 Å². The van der Waals surface area contributed by atoms with Crippen molar-refractivity contribution in [3.63, 3.8) is 0 Å². The van der Waals surface area contributed by atoms with E-state index in [0.717, 1.165) is 12.1 Å². The van der Waals surface area contributed by atoms with Crippen LogP contribution in [0.15, 0.2) is 36.4 Å². The second kappa shape index (κ2) is 8.45. The standard InChI is InChI=1S/C18H21ClN2O3/c1-4-12-5-7-13(8-6-12)20-11-18(22)21-15-9-14(19)16(23-2)10-17(15)24-3/h5-10,20H,4,11H2,1-3H3,(H,21,22). The minimum atomic E-state index is -0.200. The summed E-state index contributed by atoms with van der Waals surface area (Å²) < 4.78 is 10.4. The van der Waals surface area contributed by atoms with Crippen LogP contribution in [-0.4, -0.2) is 26.7 Å². The Morgan fingerprint density at radius 2 is 1.75 bits per heavy atom. The van der Waals surface area contributed by atoms with Gasteiger partial charge in [0.25, 0.3) is 0 Å². The molecule has 0 saturated heterocycles. The molecule has 2 N–H and O–H groups in total. The zero-order chi connectivity index (χ0) is 17.5. The lowest BCUT2D eigenvalue weighted by Gasteiger charge is -2.13. The molecule has 0 radical (unpaired) electrons. The summed E-state index contributed by atoms with van der Waals surface area (Å²) in [6.45, 7) is 2.24. The fraction of sp³-hybridized carbons (Fsp3) is 0.278. The lowest BCUT2D eigenvalue weighted by molar-refractivity contribution is -0.114. The maximum absolute atomic E-state index is 12.1. The second-order valence-electron chi connectivity index (χ2n) is 5.14. The summed E-state index contributed by atoms with van der Waals surface area (Å²) in [5.41, 5.74) is 2.64. The van der Waals surface area contributed by atoms with E-state index in [9.17, 15) is 4.79 Å². The number of hydrogen-bond donors (Lipinski definition) is 2. The van der Waals surface area contributed by atoms with Crippen LogP contribution < -0.4 is 20.1 Å². The molecule has 0 atom stereocenters. The average Bonchev–Trinajstić information content (AvgIpc) is 2.60. The Morgan fingerprint density at radius 1 is 1.08 bits per heavy atom. The summed E-state index contributed by atoms with van der Waals surface area (Å²) in [7, 11) is 3.04. The molecule has 0 fully saturated rings. The number of carbonyl (C=O) groups excluding carboxylic acids is 1. The van der Waals surface area contributed by atoms with Crippen molar-refractivity contribution in [2.75, 3.05) is 31.4 Å². The molecule has 0 aliphatic carbocycles. The number of amides is 1. The molecule has 5 nitrogen and oxygen atoms in total. The third-order valence-corrected chi connectivity index (χ3v) is 3.86. The first-order valence-electron chi connectivity index (χ1n) is 7.61. The Kier molecular flexibility index (Phi) is 6.32. The van der Waals surface area contributed by atoms with E-state index in [0.29, 0.717) is 22.2 Å². The van der Waals surface area contributed by atoms with E-state index >= 15 is 0 Å². The predicted octanol–water partition coefficient (Wildman–Crippen LogP) is 3.97. The van der Waals surface area contributed by atoms with Crippen LogP contribution in [0.4, 0.5) is 11.4 Å². The summed E-state index contributed by atoms with van der Waals surface area (Å²) in [5.74, 6) is 0.770. The van der Waals surface area contributed by atoms with Gasteiger partial charge in [-0.3, -0.25) is 4.79 Å². The third kappa shape index (κ3) is 4.55. The number of aryl methyl sites for hydroxylation is 1. The van der Waals surface area contributed by atoms with Gasteiger partial charge in [0.1, 0.15) is 11.5 Å². The highest BCUT2D eigenvalue weighted by Crippen LogP contribution is 2.35. The predicted molar refractivity (Wildman–Crippen MR) is 97.5 cm³/mol. The Labute approximate surface area is 146 Å². The number of halogens is 1. The number of methoxy groups -OCH3 is 2. The average molecular weight is 349 g/mol. The molecule has 6 heteroatoms. The third-order valence-electron chi connectivity index (χ3n) is 3.56. The highest BCUT2D eigenvalue weighted by Gasteiger charge is 2.12. The summed E-state index contributed by atoms with van der Waals surface area (Å²) in [4.78, 5) is 12.1. The second-order valence-corrected chi connectivity index (χ2v) is 5.55. The van der Waals surface area contributed by atoms with E-state index < -0.39 is 0 Å². The largest absolute Gasteiger partial charge is 0.495 e. The molecule has 0 bridgehead atoms. The first-order chi connectivity index (χ1) is 11.6. The van der Waals surface area contributed by atoms with E-state index in [1.807, 2.05) is 24.3 Å². The van der Waals surface area contributed by atoms with E-state index in [2.05, 4.69) is 17.6 Å². The van der Waals surface area contributed by atoms with Gasteiger partial charge in [-0.1, -0.05) is 30.7 Å². The van der Waals surface area contributed by atoms with Crippen LogP contribution in [0, 0.1) is 0 Å². The smallest absolute Gasteiger partial charge is 0.243 e. The fourth-order valence-electron chi connectivity index (χ4n) is 2.19. The number of rotatable bonds is 7. The van der Waals surface area contributed by atoms with Gasteiger partial charge in [0.05, 0.1) is 31.5 Å². The zero-order valence-electron chi connectivity index (χ0n) is 14.0. The molecule has 0 unspecified atom stereocenters. The number of carbonyl (C=O) groups is 1. The Hall–Kier alpha value is -2.40. The van der Waals surface area contributed by atoms with Crippen molar-refractivity contribution in [3.8, 4) is 11.5 Å².